The molecule has 1 aliphatic carbocycles. The molecule has 3 aliphatic heterocycles. The van der Waals surface area contributed by atoms with E-state index >= 15 is 0 Å². The number of fused-ring (bicyclic) bond motifs is 2. The molecule has 8 nitrogen and oxygen atoms in total. The molecule has 4 aliphatic rings. The van der Waals surface area contributed by atoms with E-state index in [0.29, 0.717) is 38.3 Å². The van der Waals surface area contributed by atoms with Gasteiger partial charge in [0.1, 0.15) is 18.2 Å². The molecular weight excluding hydrogens is 527 g/mol. The average Bonchev–Trinajstić information content (AvgIpc) is 3.52. The van der Waals surface area contributed by atoms with Crippen molar-refractivity contribution in [2.24, 2.45) is 0 Å². The normalized spacial score (nSPS) is 25.9. The molecule has 2 aromatic rings. The number of carbonyl (C=O) groups excluding carboxylic acids is 1. The third kappa shape index (κ3) is 5.17. The molecular formula is C30H35FN6O2S. The SMILES string of the molecule is C=CC(=O)N1CCN(c2nc(OCC3CCCN3C)nc3c2CC[C@@]2(Cc4cc(F)ccc4S2)C3)CC1CC#N. The molecule has 0 N–H and O–H groups in total. The minimum absolute atomic E-state index is 0.0594. The molecule has 4 heterocycles. The van der Waals surface area contributed by atoms with Crippen LogP contribution in [0.3, 0.4) is 0 Å². The molecule has 0 radical (unpaired) electrons. The second kappa shape index (κ2) is 11.0. The monoisotopic (exact) mass is 562 g/mol. The van der Waals surface area contributed by atoms with Crippen molar-refractivity contribution in [3.8, 4) is 12.1 Å². The fourth-order valence-corrected chi connectivity index (χ4v) is 8.21. The third-order valence-electron chi connectivity index (χ3n) is 8.88. The van der Waals surface area contributed by atoms with Crippen LogP contribution in [0.1, 0.15) is 42.5 Å². The Kier molecular flexibility index (Phi) is 7.44. The second-order valence-electron chi connectivity index (χ2n) is 11.4. The summed E-state index contributed by atoms with van der Waals surface area (Å²) >= 11 is 1.85. The number of rotatable bonds is 6. The average molecular weight is 563 g/mol. The Morgan fingerprint density at radius 2 is 2.17 bits per heavy atom. The molecule has 1 aromatic heterocycles. The number of hydrogen-bond donors (Lipinski definition) is 0. The van der Waals surface area contributed by atoms with Crippen LogP contribution in [0.15, 0.2) is 35.7 Å². The zero-order valence-corrected chi connectivity index (χ0v) is 23.8. The molecule has 1 aromatic carbocycles. The number of amides is 1. The highest BCUT2D eigenvalue weighted by molar-refractivity contribution is 8.01. The van der Waals surface area contributed by atoms with Crippen molar-refractivity contribution < 1.29 is 13.9 Å². The summed E-state index contributed by atoms with van der Waals surface area (Å²) in [6, 6.07) is 7.85. The lowest BCUT2D eigenvalue weighted by molar-refractivity contribution is -0.128. The van der Waals surface area contributed by atoms with E-state index in [9.17, 15) is 14.4 Å². The first-order chi connectivity index (χ1) is 19.4. The highest BCUT2D eigenvalue weighted by atomic mass is 32.2. The topological polar surface area (TPSA) is 85.6 Å². The quantitative estimate of drug-likeness (QED) is 0.492. The van der Waals surface area contributed by atoms with Gasteiger partial charge in [-0.15, -0.1) is 11.8 Å². The molecule has 1 amide bonds. The third-order valence-corrected chi connectivity index (χ3v) is 10.4. The van der Waals surface area contributed by atoms with Gasteiger partial charge in [0.05, 0.1) is 24.2 Å². The van der Waals surface area contributed by atoms with Gasteiger partial charge in [0.25, 0.3) is 0 Å². The van der Waals surface area contributed by atoms with E-state index in [-0.39, 0.29) is 28.9 Å². The minimum atomic E-state index is -0.240. The van der Waals surface area contributed by atoms with Crippen LogP contribution in [0, 0.1) is 17.1 Å². The zero-order valence-electron chi connectivity index (χ0n) is 22.9. The number of aromatic nitrogens is 2. The number of thioether (sulfide) groups is 1. The maximum absolute atomic E-state index is 14.0. The Morgan fingerprint density at radius 3 is 2.95 bits per heavy atom. The van der Waals surface area contributed by atoms with E-state index in [2.05, 4.69) is 29.5 Å². The Labute approximate surface area is 239 Å². The number of carbonyl (C=O) groups is 1. The summed E-state index contributed by atoms with van der Waals surface area (Å²) in [5.41, 5.74) is 3.19. The number of anilines is 1. The molecule has 2 fully saturated rings. The van der Waals surface area contributed by atoms with E-state index < -0.39 is 0 Å². The summed E-state index contributed by atoms with van der Waals surface area (Å²) in [5, 5.41) is 9.48. The van der Waals surface area contributed by atoms with Crippen LogP contribution >= 0.6 is 11.8 Å². The second-order valence-corrected chi connectivity index (χ2v) is 12.9. The van der Waals surface area contributed by atoms with Crippen molar-refractivity contribution in [1.82, 2.24) is 19.8 Å². The van der Waals surface area contributed by atoms with Gasteiger partial charge in [-0.05, 0) is 75.5 Å². The fourth-order valence-electron chi connectivity index (χ4n) is 6.71. The summed E-state index contributed by atoms with van der Waals surface area (Å²) in [5.74, 6) is 0.520. The highest BCUT2D eigenvalue weighted by Crippen LogP contribution is 2.52. The lowest BCUT2D eigenvalue weighted by Gasteiger charge is -2.42. The summed E-state index contributed by atoms with van der Waals surface area (Å²) in [6.45, 7) is 6.88. The van der Waals surface area contributed by atoms with E-state index in [1.54, 1.807) is 17.0 Å². The molecule has 1 spiro atoms. The summed E-state index contributed by atoms with van der Waals surface area (Å²) < 4.78 is 20.2. The number of nitriles is 1. The lowest BCUT2D eigenvalue weighted by atomic mass is 9.82. The van der Waals surface area contributed by atoms with Crippen LogP contribution in [0.25, 0.3) is 0 Å². The predicted molar refractivity (Wildman–Crippen MR) is 152 cm³/mol. The standard InChI is InChI=1S/C30H35FN6O2S/c1-3-27(38)37-14-13-36(18-22(37)9-11-32)28-24-8-10-30(16-20-15-21(31)6-7-26(20)40-30)17-25(24)33-29(34-28)39-19-23-5-4-12-35(23)2/h3,6-7,15,22-23H,1,4-5,8-10,12-14,16-19H2,2H3/t22?,23?,30-/m1/s1. The van der Waals surface area contributed by atoms with Crippen molar-refractivity contribution in [3.63, 3.8) is 0 Å². The van der Waals surface area contributed by atoms with Gasteiger partial charge in [0.2, 0.25) is 5.91 Å². The molecule has 3 atom stereocenters. The molecule has 0 saturated carbocycles. The van der Waals surface area contributed by atoms with Gasteiger partial charge in [-0.2, -0.15) is 15.2 Å². The number of nitrogens with zero attached hydrogens (tertiary/aromatic N) is 6. The molecule has 6 rings (SSSR count). The maximum Gasteiger partial charge on any atom is 0.318 e. The number of hydrogen-bond acceptors (Lipinski definition) is 8. The first kappa shape index (κ1) is 27.0. The van der Waals surface area contributed by atoms with E-state index in [0.717, 1.165) is 72.6 Å². The molecule has 40 heavy (non-hydrogen) atoms. The van der Waals surface area contributed by atoms with Gasteiger partial charge in [-0.25, -0.2) is 4.39 Å². The maximum atomic E-state index is 14.0. The van der Waals surface area contributed by atoms with Crippen molar-refractivity contribution >= 4 is 23.5 Å². The molecule has 2 unspecified atom stereocenters. The van der Waals surface area contributed by atoms with Crippen molar-refractivity contribution in [3.05, 3.63) is 53.5 Å². The number of piperazine rings is 1. The minimum Gasteiger partial charge on any atom is -0.462 e. The van der Waals surface area contributed by atoms with Crippen LogP contribution in [-0.2, 0) is 24.1 Å². The van der Waals surface area contributed by atoms with Gasteiger partial charge >= 0.3 is 6.01 Å². The van der Waals surface area contributed by atoms with Crippen molar-refractivity contribution in [2.75, 3.05) is 44.7 Å². The Balaban J connectivity index is 1.31. The number of likely N-dealkylation sites (tertiary alicyclic amines) is 1. The van der Waals surface area contributed by atoms with Gasteiger partial charge in [0.15, 0.2) is 0 Å². The summed E-state index contributed by atoms with van der Waals surface area (Å²) in [7, 11) is 2.13. The van der Waals surface area contributed by atoms with Gasteiger partial charge < -0.3 is 19.4 Å². The van der Waals surface area contributed by atoms with E-state index in [4.69, 9.17) is 14.7 Å². The fraction of sp³-hybridized carbons (Fsp3) is 0.533. The molecule has 210 valence electrons. The van der Waals surface area contributed by atoms with Crippen molar-refractivity contribution in [1.29, 1.82) is 5.26 Å². The lowest BCUT2D eigenvalue weighted by Crippen LogP contribution is -2.55. The Hall–Kier alpha value is -3.16. The van der Waals surface area contributed by atoms with E-state index in [1.165, 1.54) is 6.08 Å². The number of ether oxygens (including phenoxy) is 1. The number of likely N-dealkylation sites (N-methyl/N-ethyl adjacent to an activating group) is 1. The summed E-state index contributed by atoms with van der Waals surface area (Å²) in [6.07, 6.45) is 7.16. The first-order valence-corrected chi connectivity index (χ1v) is 14.9. The first-order valence-electron chi connectivity index (χ1n) is 14.1. The molecule has 0 bridgehead atoms. The Bertz CT molecular complexity index is 1360. The number of halogens is 1. The van der Waals surface area contributed by atoms with Crippen LogP contribution < -0.4 is 9.64 Å². The predicted octanol–water partition coefficient (Wildman–Crippen LogP) is 3.78. The largest absolute Gasteiger partial charge is 0.462 e. The zero-order chi connectivity index (χ0) is 27.9. The van der Waals surface area contributed by atoms with Gasteiger partial charge in [-0.1, -0.05) is 6.58 Å². The summed E-state index contributed by atoms with van der Waals surface area (Å²) in [4.78, 5) is 29.8. The van der Waals surface area contributed by atoms with Crippen LogP contribution in [0.5, 0.6) is 6.01 Å². The van der Waals surface area contributed by atoms with Crippen molar-refractivity contribution in [2.45, 2.75) is 66.7 Å². The molecule has 2 saturated heterocycles. The highest BCUT2D eigenvalue weighted by Gasteiger charge is 2.43. The van der Waals surface area contributed by atoms with Gasteiger partial charge in [0, 0.05) is 47.3 Å². The Morgan fingerprint density at radius 1 is 1.30 bits per heavy atom. The van der Waals surface area contributed by atoms with E-state index in [1.807, 2.05) is 17.8 Å². The number of benzene rings is 1. The van der Waals surface area contributed by atoms with Crippen LogP contribution in [0.4, 0.5) is 10.2 Å². The van der Waals surface area contributed by atoms with Crippen LogP contribution in [-0.4, -0.2) is 82.3 Å². The molecule has 10 heteroatoms. The smallest absolute Gasteiger partial charge is 0.318 e. The van der Waals surface area contributed by atoms with Crippen LogP contribution in [0.2, 0.25) is 0 Å². The van der Waals surface area contributed by atoms with Gasteiger partial charge in [-0.3, -0.25) is 4.79 Å².